The van der Waals surface area contributed by atoms with Crippen molar-refractivity contribution < 1.29 is 23.9 Å². The number of hydrogen-bond acceptors (Lipinski definition) is 7. The van der Waals surface area contributed by atoms with Crippen molar-refractivity contribution in [3.63, 3.8) is 0 Å². The van der Waals surface area contributed by atoms with Crippen LogP contribution < -0.4 is 10.6 Å². The van der Waals surface area contributed by atoms with Crippen molar-refractivity contribution in [2.75, 3.05) is 12.9 Å². The summed E-state index contributed by atoms with van der Waals surface area (Å²) >= 11 is 2.21. The molecule has 0 spiro atoms. The summed E-state index contributed by atoms with van der Waals surface area (Å²) in [7, 11) is 1.23. The zero-order valence-corrected chi connectivity index (χ0v) is 17.4. The molecule has 2 N–H and O–H groups in total. The quantitative estimate of drug-likeness (QED) is 0.672. The van der Waals surface area contributed by atoms with Crippen molar-refractivity contribution >= 4 is 46.4 Å². The molecule has 1 heterocycles. The smallest absolute Gasteiger partial charge is 0.355 e. The lowest BCUT2D eigenvalue weighted by molar-refractivity contribution is -0.138. The highest BCUT2D eigenvalue weighted by atomic mass is 32.2. The second kappa shape index (κ2) is 10.3. The molecule has 150 valence electrons. The van der Waals surface area contributed by atoms with E-state index in [2.05, 4.69) is 15.4 Å². The summed E-state index contributed by atoms with van der Waals surface area (Å²) in [5.41, 5.74) is 0.995. The number of hydrogen-bond donors (Lipinski definition) is 2. The van der Waals surface area contributed by atoms with Gasteiger partial charge in [-0.1, -0.05) is 42.1 Å². The van der Waals surface area contributed by atoms with E-state index < -0.39 is 29.1 Å². The zero-order valence-electron chi connectivity index (χ0n) is 15.8. The number of ether oxygens (including phenoxy) is 1. The fraction of sp³-hybridized carbons (Fsp3) is 0.368. The zero-order chi connectivity index (χ0) is 20.7. The number of thioether (sulfide) groups is 2. The lowest BCUT2D eigenvalue weighted by atomic mass is 10.1. The van der Waals surface area contributed by atoms with Crippen LogP contribution in [0.1, 0.15) is 19.4 Å². The van der Waals surface area contributed by atoms with E-state index in [0.29, 0.717) is 11.3 Å². The Morgan fingerprint density at radius 1 is 1.32 bits per heavy atom. The van der Waals surface area contributed by atoms with E-state index in [1.54, 1.807) is 6.92 Å². The third-order valence-corrected chi connectivity index (χ3v) is 6.09. The molecule has 2 rings (SSSR count). The molecule has 1 aliphatic rings. The van der Waals surface area contributed by atoms with E-state index in [-0.39, 0.29) is 16.6 Å². The molecule has 1 aliphatic heterocycles. The SMILES string of the molecule is COC(=O)C1=C(C)SC[C@H](NC(=O)[C@H](Cc2ccccc2)SC(C)=O)C(=O)N1. The van der Waals surface area contributed by atoms with Gasteiger partial charge in [-0.05, 0) is 18.9 Å². The van der Waals surface area contributed by atoms with Gasteiger partial charge in [-0.15, -0.1) is 11.8 Å². The van der Waals surface area contributed by atoms with E-state index in [0.717, 1.165) is 17.3 Å². The fourth-order valence-corrected chi connectivity index (χ4v) is 4.32. The number of amides is 2. The van der Waals surface area contributed by atoms with Gasteiger partial charge in [-0.25, -0.2) is 4.79 Å². The second-order valence-corrected chi connectivity index (χ2v) is 8.69. The lowest BCUT2D eigenvalue weighted by Crippen LogP contribution is -2.50. The molecule has 0 fully saturated rings. The maximum absolute atomic E-state index is 12.8. The van der Waals surface area contributed by atoms with E-state index in [1.165, 1.54) is 25.8 Å². The molecule has 0 radical (unpaired) electrons. The van der Waals surface area contributed by atoms with E-state index in [4.69, 9.17) is 0 Å². The Morgan fingerprint density at radius 3 is 2.61 bits per heavy atom. The van der Waals surface area contributed by atoms with E-state index >= 15 is 0 Å². The minimum Gasteiger partial charge on any atom is -0.464 e. The van der Waals surface area contributed by atoms with Gasteiger partial charge in [0.2, 0.25) is 11.8 Å². The molecule has 2 atom stereocenters. The predicted octanol–water partition coefficient (Wildman–Crippen LogP) is 1.63. The molecule has 1 aromatic rings. The number of benzene rings is 1. The molecule has 0 saturated carbocycles. The van der Waals surface area contributed by atoms with Gasteiger partial charge in [0, 0.05) is 17.6 Å². The first-order valence-corrected chi connectivity index (χ1v) is 10.4. The van der Waals surface area contributed by atoms with Crippen LogP contribution in [0.4, 0.5) is 0 Å². The summed E-state index contributed by atoms with van der Waals surface area (Å²) in [4.78, 5) is 49.3. The summed E-state index contributed by atoms with van der Waals surface area (Å²) in [6.45, 7) is 3.10. The predicted molar refractivity (Wildman–Crippen MR) is 109 cm³/mol. The Morgan fingerprint density at radius 2 is 2.00 bits per heavy atom. The Kier molecular flexibility index (Phi) is 8.13. The van der Waals surface area contributed by atoms with Gasteiger partial charge in [-0.3, -0.25) is 14.4 Å². The summed E-state index contributed by atoms with van der Waals surface area (Å²) in [6, 6.07) is 8.52. The van der Waals surface area contributed by atoms with Crippen LogP contribution in [0.2, 0.25) is 0 Å². The first-order chi connectivity index (χ1) is 13.3. The monoisotopic (exact) mass is 422 g/mol. The highest BCUT2D eigenvalue weighted by molar-refractivity contribution is 8.14. The van der Waals surface area contributed by atoms with Crippen LogP contribution in [-0.2, 0) is 30.3 Å². The van der Waals surface area contributed by atoms with Crippen LogP contribution in [0, 0.1) is 0 Å². The molecule has 2 amide bonds. The molecule has 0 bridgehead atoms. The molecule has 9 heteroatoms. The summed E-state index contributed by atoms with van der Waals surface area (Å²) in [5.74, 6) is -1.26. The maximum Gasteiger partial charge on any atom is 0.355 e. The van der Waals surface area contributed by atoms with Crippen LogP contribution in [0.5, 0.6) is 0 Å². The Balaban J connectivity index is 2.09. The normalized spacial score (nSPS) is 18.0. The summed E-state index contributed by atoms with van der Waals surface area (Å²) < 4.78 is 4.68. The average Bonchev–Trinajstić information content (AvgIpc) is 2.80. The number of nitrogens with one attached hydrogen (secondary N) is 2. The Labute approximate surface area is 172 Å². The van der Waals surface area contributed by atoms with Crippen LogP contribution in [0.25, 0.3) is 0 Å². The van der Waals surface area contributed by atoms with Gasteiger partial charge in [0.15, 0.2) is 5.12 Å². The van der Waals surface area contributed by atoms with Crippen LogP contribution in [0.15, 0.2) is 40.9 Å². The van der Waals surface area contributed by atoms with Crippen molar-refractivity contribution in [2.45, 2.75) is 31.6 Å². The van der Waals surface area contributed by atoms with Crippen LogP contribution in [0.3, 0.4) is 0 Å². The summed E-state index contributed by atoms with van der Waals surface area (Å²) in [5, 5.41) is 4.39. The number of carbonyl (C=O) groups excluding carboxylic acids is 4. The van der Waals surface area contributed by atoms with Crippen molar-refractivity contribution in [1.29, 1.82) is 0 Å². The number of rotatable bonds is 6. The molecule has 7 nitrogen and oxygen atoms in total. The molecule has 0 unspecified atom stereocenters. The van der Waals surface area contributed by atoms with Crippen LogP contribution >= 0.6 is 23.5 Å². The summed E-state index contributed by atoms with van der Waals surface area (Å²) in [6.07, 6.45) is 0.364. The Hall–Kier alpha value is -2.26. The van der Waals surface area contributed by atoms with Crippen molar-refractivity contribution in [3.8, 4) is 0 Å². The molecular formula is C19H22N2O5S2. The number of esters is 1. The standard InChI is InChI=1S/C19H22N2O5S2/c1-11-16(19(25)26-3)21-17(23)14(10-27-11)20-18(24)15(28-12(2)22)9-13-7-5-4-6-8-13/h4-8,14-15H,9-10H2,1-3H3,(H,20,24)(H,21,23)/t14-,15-/m0/s1. The molecule has 1 aromatic carbocycles. The van der Waals surface area contributed by atoms with Gasteiger partial charge in [-0.2, -0.15) is 0 Å². The van der Waals surface area contributed by atoms with Crippen molar-refractivity contribution in [2.24, 2.45) is 0 Å². The number of methoxy groups -OCH3 is 1. The maximum atomic E-state index is 12.8. The first kappa shape index (κ1) is 22.0. The molecular weight excluding hydrogens is 400 g/mol. The number of allylic oxidation sites excluding steroid dienone is 1. The highest BCUT2D eigenvalue weighted by Crippen LogP contribution is 2.24. The van der Waals surface area contributed by atoms with Crippen molar-refractivity contribution in [1.82, 2.24) is 10.6 Å². The van der Waals surface area contributed by atoms with Crippen LogP contribution in [-0.4, -0.2) is 47.1 Å². The topological polar surface area (TPSA) is 102 Å². The molecule has 0 aromatic heterocycles. The lowest BCUT2D eigenvalue weighted by Gasteiger charge is -2.20. The molecule has 28 heavy (non-hydrogen) atoms. The minimum atomic E-state index is -0.833. The largest absolute Gasteiger partial charge is 0.464 e. The van der Waals surface area contributed by atoms with Gasteiger partial charge in [0.1, 0.15) is 11.7 Å². The van der Waals surface area contributed by atoms with Crippen molar-refractivity contribution in [3.05, 3.63) is 46.5 Å². The second-order valence-electron chi connectivity index (χ2n) is 6.07. The highest BCUT2D eigenvalue weighted by Gasteiger charge is 2.31. The minimum absolute atomic E-state index is 0.0770. The van der Waals surface area contributed by atoms with Gasteiger partial charge >= 0.3 is 5.97 Å². The molecule has 0 aliphatic carbocycles. The number of carbonyl (C=O) groups is 4. The van der Waals surface area contributed by atoms with Gasteiger partial charge in [0.05, 0.1) is 12.4 Å². The average molecular weight is 423 g/mol. The van der Waals surface area contributed by atoms with Gasteiger partial charge < -0.3 is 15.4 Å². The van der Waals surface area contributed by atoms with Gasteiger partial charge in [0.25, 0.3) is 0 Å². The Bertz CT molecular complexity index is 795. The third-order valence-electron chi connectivity index (χ3n) is 3.95. The van der Waals surface area contributed by atoms with E-state index in [9.17, 15) is 19.2 Å². The fourth-order valence-electron chi connectivity index (χ4n) is 2.54. The molecule has 0 saturated heterocycles. The first-order valence-electron chi connectivity index (χ1n) is 8.56. The van der Waals surface area contributed by atoms with E-state index in [1.807, 2.05) is 30.3 Å². The third kappa shape index (κ3) is 6.13.